The van der Waals surface area contributed by atoms with Crippen molar-refractivity contribution in [1.82, 2.24) is 15.3 Å². The molecule has 0 saturated carbocycles. The number of thiazole rings is 1. The first kappa shape index (κ1) is 21.3. The van der Waals surface area contributed by atoms with Crippen LogP contribution in [0, 0.1) is 12.7 Å². The van der Waals surface area contributed by atoms with Gasteiger partial charge in [-0.2, -0.15) is 0 Å². The standard InChI is InChI=1S/C24H19FN4O2S/c1-15-21(32-24(28-15)20-7-2-3-12-26-20)23(31)27-14-16-5-4-6-19(13-16)29-22(30)17-8-10-18(25)11-9-17/h2-13H,14H2,1H3,(H,27,31)(H,29,30). The predicted octanol–water partition coefficient (Wildman–Crippen LogP) is 4.83. The second-order valence-electron chi connectivity index (χ2n) is 6.99. The van der Waals surface area contributed by atoms with E-state index in [2.05, 4.69) is 20.6 Å². The quantitative estimate of drug-likeness (QED) is 0.444. The minimum atomic E-state index is -0.400. The van der Waals surface area contributed by atoms with Crippen molar-refractivity contribution in [3.63, 3.8) is 0 Å². The van der Waals surface area contributed by atoms with Crippen molar-refractivity contribution in [1.29, 1.82) is 0 Å². The fraction of sp³-hybridized carbons (Fsp3) is 0.0833. The molecule has 0 bridgehead atoms. The molecule has 0 aliphatic rings. The molecule has 32 heavy (non-hydrogen) atoms. The highest BCUT2D eigenvalue weighted by Gasteiger charge is 2.16. The zero-order valence-electron chi connectivity index (χ0n) is 17.1. The number of amides is 2. The first-order valence-corrected chi connectivity index (χ1v) is 10.6. The van der Waals surface area contributed by atoms with Gasteiger partial charge in [0.05, 0.1) is 11.4 Å². The molecule has 0 spiro atoms. The summed E-state index contributed by atoms with van der Waals surface area (Å²) < 4.78 is 13.0. The monoisotopic (exact) mass is 446 g/mol. The summed E-state index contributed by atoms with van der Waals surface area (Å²) >= 11 is 1.30. The van der Waals surface area contributed by atoms with Gasteiger partial charge in [-0.25, -0.2) is 9.37 Å². The van der Waals surface area contributed by atoms with E-state index < -0.39 is 5.82 Å². The van der Waals surface area contributed by atoms with Crippen molar-refractivity contribution in [3.8, 4) is 10.7 Å². The number of hydrogen-bond donors (Lipinski definition) is 2. The lowest BCUT2D eigenvalue weighted by Crippen LogP contribution is -2.22. The maximum Gasteiger partial charge on any atom is 0.263 e. The Kier molecular flexibility index (Phi) is 6.32. The van der Waals surface area contributed by atoms with E-state index in [9.17, 15) is 14.0 Å². The average molecular weight is 447 g/mol. The molecule has 0 atom stereocenters. The molecule has 8 heteroatoms. The van der Waals surface area contributed by atoms with Crippen molar-refractivity contribution in [2.75, 3.05) is 5.32 Å². The summed E-state index contributed by atoms with van der Waals surface area (Å²) in [6.45, 7) is 2.08. The van der Waals surface area contributed by atoms with Gasteiger partial charge in [0.1, 0.15) is 15.7 Å². The van der Waals surface area contributed by atoms with Crippen LogP contribution in [0.15, 0.2) is 72.9 Å². The predicted molar refractivity (Wildman–Crippen MR) is 122 cm³/mol. The van der Waals surface area contributed by atoms with Crippen LogP contribution in [0.1, 0.15) is 31.3 Å². The Morgan fingerprint density at radius 3 is 2.56 bits per heavy atom. The number of hydrogen-bond acceptors (Lipinski definition) is 5. The third-order valence-corrected chi connectivity index (χ3v) is 5.81. The Morgan fingerprint density at radius 1 is 1.00 bits per heavy atom. The molecule has 2 aromatic heterocycles. The molecule has 0 radical (unpaired) electrons. The van der Waals surface area contributed by atoms with Gasteiger partial charge < -0.3 is 10.6 Å². The summed E-state index contributed by atoms with van der Waals surface area (Å²) in [6.07, 6.45) is 1.69. The van der Waals surface area contributed by atoms with Gasteiger partial charge >= 0.3 is 0 Å². The first-order chi connectivity index (χ1) is 15.5. The topological polar surface area (TPSA) is 84.0 Å². The molecule has 2 N–H and O–H groups in total. The Hall–Kier alpha value is -3.91. The van der Waals surface area contributed by atoms with Gasteiger partial charge in [0.2, 0.25) is 0 Å². The molecular weight excluding hydrogens is 427 g/mol. The molecule has 0 unspecified atom stereocenters. The number of rotatable bonds is 6. The van der Waals surface area contributed by atoms with Crippen LogP contribution in [0.25, 0.3) is 10.7 Å². The van der Waals surface area contributed by atoms with Gasteiger partial charge in [-0.15, -0.1) is 11.3 Å². The number of nitrogens with zero attached hydrogens (tertiary/aromatic N) is 2. The van der Waals surface area contributed by atoms with Crippen LogP contribution in [0.4, 0.5) is 10.1 Å². The Labute approximate surface area is 188 Å². The molecule has 0 saturated heterocycles. The highest BCUT2D eigenvalue weighted by molar-refractivity contribution is 7.17. The molecule has 160 valence electrons. The van der Waals surface area contributed by atoms with E-state index in [0.29, 0.717) is 26.8 Å². The van der Waals surface area contributed by atoms with Gasteiger partial charge in [0.15, 0.2) is 0 Å². The fourth-order valence-electron chi connectivity index (χ4n) is 3.03. The molecule has 4 rings (SSSR count). The minimum absolute atomic E-state index is 0.220. The van der Waals surface area contributed by atoms with Gasteiger partial charge in [-0.3, -0.25) is 14.6 Å². The van der Waals surface area contributed by atoms with Crippen molar-refractivity contribution in [2.45, 2.75) is 13.5 Å². The summed E-state index contributed by atoms with van der Waals surface area (Å²) in [4.78, 5) is 34.3. The lowest BCUT2D eigenvalue weighted by Gasteiger charge is -2.09. The van der Waals surface area contributed by atoms with E-state index in [4.69, 9.17) is 0 Å². The Morgan fingerprint density at radius 2 is 1.81 bits per heavy atom. The minimum Gasteiger partial charge on any atom is -0.347 e. The van der Waals surface area contributed by atoms with Crippen molar-refractivity contribution in [2.24, 2.45) is 0 Å². The number of aromatic nitrogens is 2. The lowest BCUT2D eigenvalue weighted by atomic mass is 10.1. The highest BCUT2D eigenvalue weighted by Crippen LogP contribution is 2.26. The molecule has 0 fully saturated rings. The van der Waals surface area contributed by atoms with Crippen LogP contribution >= 0.6 is 11.3 Å². The van der Waals surface area contributed by atoms with Gasteiger partial charge in [0, 0.05) is 24.0 Å². The highest BCUT2D eigenvalue weighted by atomic mass is 32.1. The molecule has 2 aromatic carbocycles. The summed E-state index contributed by atoms with van der Waals surface area (Å²) in [7, 11) is 0. The molecule has 6 nitrogen and oxygen atoms in total. The number of carbonyl (C=O) groups excluding carboxylic acids is 2. The summed E-state index contributed by atoms with van der Waals surface area (Å²) in [5, 5.41) is 6.37. The lowest BCUT2D eigenvalue weighted by molar-refractivity contribution is 0.0953. The maximum atomic E-state index is 13.0. The molecule has 4 aromatic rings. The number of pyridine rings is 1. The smallest absolute Gasteiger partial charge is 0.263 e. The second-order valence-corrected chi connectivity index (χ2v) is 7.99. The van der Waals surface area contributed by atoms with Crippen molar-refractivity contribution in [3.05, 3.63) is 100 Å². The number of carbonyl (C=O) groups is 2. The third-order valence-electron chi connectivity index (χ3n) is 4.63. The van der Waals surface area contributed by atoms with Crippen LogP contribution in [0.5, 0.6) is 0 Å². The largest absolute Gasteiger partial charge is 0.347 e. The zero-order valence-corrected chi connectivity index (χ0v) is 17.9. The Balaban J connectivity index is 1.40. The van der Waals surface area contributed by atoms with Crippen LogP contribution in [-0.4, -0.2) is 21.8 Å². The van der Waals surface area contributed by atoms with Gasteiger partial charge in [-0.05, 0) is 61.0 Å². The number of aryl methyl sites for hydroxylation is 1. The van der Waals surface area contributed by atoms with Crippen LogP contribution in [0.2, 0.25) is 0 Å². The van der Waals surface area contributed by atoms with Crippen molar-refractivity contribution < 1.29 is 14.0 Å². The zero-order chi connectivity index (χ0) is 22.5. The number of halogens is 1. The van der Waals surface area contributed by atoms with E-state index in [1.165, 1.54) is 35.6 Å². The third kappa shape index (κ3) is 5.04. The molecule has 2 amide bonds. The average Bonchev–Trinajstić information content (AvgIpc) is 3.20. The molecule has 0 aliphatic carbocycles. The van der Waals surface area contributed by atoms with Crippen LogP contribution in [-0.2, 0) is 6.54 Å². The number of anilines is 1. The summed E-state index contributed by atoms with van der Waals surface area (Å²) in [6, 6.07) is 18.0. The summed E-state index contributed by atoms with van der Waals surface area (Å²) in [5.41, 5.74) is 3.13. The van der Waals surface area contributed by atoms with E-state index in [-0.39, 0.29) is 18.4 Å². The maximum absolute atomic E-state index is 13.0. The van der Waals surface area contributed by atoms with E-state index in [1.54, 1.807) is 31.3 Å². The summed E-state index contributed by atoms with van der Waals surface area (Å²) in [5.74, 6) is -0.959. The van der Waals surface area contributed by atoms with E-state index >= 15 is 0 Å². The second kappa shape index (κ2) is 9.49. The molecule has 2 heterocycles. The number of benzene rings is 2. The van der Waals surface area contributed by atoms with E-state index in [1.807, 2.05) is 24.3 Å². The number of nitrogens with one attached hydrogen (secondary N) is 2. The first-order valence-electron chi connectivity index (χ1n) is 9.82. The van der Waals surface area contributed by atoms with E-state index in [0.717, 1.165) is 11.3 Å². The molecule has 0 aliphatic heterocycles. The fourth-order valence-corrected chi connectivity index (χ4v) is 3.99. The van der Waals surface area contributed by atoms with Crippen LogP contribution < -0.4 is 10.6 Å². The van der Waals surface area contributed by atoms with Crippen molar-refractivity contribution >= 4 is 28.8 Å². The normalized spacial score (nSPS) is 10.6. The Bertz CT molecular complexity index is 1260. The van der Waals surface area contributed by atoms with Crippen LogP contribution in [0.3, 0.4) is 0 Å². The van der Waals surface area contributed by atoms with Gasteiger partial charge in [-0.1, -0.05) is 18.2 Å². The molecular formula is C24H19FN4O2S. The van der Waals surface area contributed by atoms with Gasteiger partial charge in [0.25, 0.3) is 11.8 Å². The SMILES string of the molecule is Cc1nc(-c2ccccn2)sc1C(=O)NCc1cccc(NC(=O)c2ccc(F)cc2)c1.